The van der Waals surface area contributed by atoms with Crippen LogP contribution in [0, 0.1) is 5.92 Å². The molecule has 13 nitrogen and oxygen atoms in total. The average Bonchev–Trinajstić information content (AvgIpc) is 3.30. The Balaban J connectivity index is 1.43. The first kappa shape index (κ1) is 33.1. The normalized spacial score (nSPS) is 27.0. The first-order valence-electron chi connectivity index (χ1n) is 16.3. The summed E-state index contributed by atoms with van der Waals surface area (Å²) in [6.07, 6.45) is 7.59. The van der Waals surface area contributed by atoms with Crippen LogP contribution in [-0.4, -0.2) is 85.4 Å². The number of allylic oxidation sites excluding steroid dienone is 1. The molecule has 0 spiro atoms. The Morgan fingerprint density at radius 1 is 1.13 bits per heavy atom. The van der Waals surface area contributed by atoms with Crippen molar-refractivity contribution < 1.29 is 28.7 Å². The lowest BCUT2D eigenvalue weighted by Gasteiger charge is -2.30. The van der Waals surface area contributed by atoms with Gasteiger partial charge in [-0.25, -0.2) is 9.59 Å². The van der Waals surface area contributed by atoms with E-state index in [1.165, 1.54) is 9.70 Å². The molecule has 3 aliphatic rings. The number of hydrogen-bond acceptors (Lipinski definition) is 9. The molecule has 1 aromatic carbocycles. The molecule has 1 aromatic heterocycles. The van der Waals surface area contributed by atoms with E-state index in [4.69, 9.17) is 9.47 Å². The maximum Gasteiger partial charge on any atom is 0.408 e. The summed E-state index contributed by atoms with van der Waals surface area (Å²) < 4.78 is 10.9. The number of nitrogens with zero attached hydrogens (tertiary/aromatic N) is 5. The van der Waals surface area contributed by atoms with Crippen LogP contribution in [0.2, 0.25) is 0 Å². The van der Waals surface area contributed by atoms with Gasteiger partial charge in [-0.2, -0.15) is 4.80 Å². The second-order valence-corrected chi connectivity index (χ2v) is 13.4. The number of tetrazole rings is 1. The first-order chi connectivity index (χ1) is 22.0. The highest BCUT2D eigenvalue weighted by Crippen LogP contribution is 2.46. The minimum absolute atomic E-state index is 0.149. The maximum absolute atomic E-state index is 14.3. The van der Waals surface area contributed by atoms with Gasteiger partial charge < -0.3 is 25.0 Å². The van der Waals surface area contributed by atoms with Gasteiger partial charge in [-0.3, -0.25) is 9.59 Å². The molecule has 2 fully saturated rings. The number of carbonyl (C=O) groups excluding carboxylic acids is 4. The molecule has 3 amide bonds. The number of esters is 1. The Kier molecular flexibility index (Phi) is 10.1. The van der Waals surface area contributed by atoms with Gasteiger partial charge in [0.1, 0.15) is 23.2 Å². The molecule has 46 heavy (non-hydrogen) atoms. The van der Waals surface area contributed by atoms with E-state index in [2.05, 4.69) is 26.0 Å². The number of nitrogens with one attached hydrogen (secondary N) is 2. The van der Waals surface area contributed by atoms with Crippen molar-refractivity contribution in [3.63, 3.8) is 0 Å². The highest BCUT2D eigenvalue weighted by Gasteiger charge is 2.62. The van der Waals surface area contributed by atoms with Gasteiger partial charge in [-0.15, -0.1) is 10.2 Å². The molecule has 1 saturated heterocycles. The summed E-state index contributed by atoms with van der Waals surface area (Å²) in [5, 5.41) is 18.9. The largest absolute Gasteiger partial charge is 0.464 e. The molecule has 5 atom stereocenters. The first-order valence-corrected chi connectivity index (χ1v) is 16.3. The topological polar surface area (TPSA) is 158 Å². The summed E-state index contributed by atoms with van der Waals surface area (Å²) >= 11 is 0. The van der Waals surface area contributed by atoms with Crippen LogP contribution in [0.25, 0.3) is 0 Å². The summed E-state index contributed by atoms with van der Waals surface area (Å²) in [6.45, 7) is 7.76. The lowest BCUT2D eigenvalue weighted by molar-refractivity contribution is -0.150. The molecule has 2 aliphatic heterocycles. The number of ether oxygens (including phenoxy) is 2. The Bertz CT molecular complexity index is 1440. The van der Waals surface area contributed by atoms with Crippen molar-refractivity contribution in [1.82, 2.24) is 35.7 Å². The van der Waals surface area contributed by atoms with Crippen LogP contribution in [0.5, 0.6) is 0 Å². The van der Waals surface area contributed by atoms with Crippen LogP contribution >= 0.6 is 0 Å². The molecule has 2 aromatic rings. The van der Waals surface area contributed by atoms with E-state index >= 15 is 0 Å². The van der Waals surface area contributed by atoms with Crippen LogP contribution in [0.4, 0.5) is 4.79 Å². The summed E-state index contributed by atoms with van der Waals surface area (Å²) in [4.78, 5) is 57.3. The lowest BCUT2D eigenvalue weighted by atomic mass is 10.0. The minimum Gasteiger partial charge on any atom is -0.464 e. The maximum atomic E-state index is 14.3. The third-order valence-electron chi connectivity index (χ3n) is 8.61. The molecule has 1 saturated carbocycles. The molecule has 0 bridgehead atoms. The second kappa shape index (κ2) is 14.0. The zero-order chi connectivity index (χ0) is 32.9. The third-order valence-corrected chi connectivity index (χ3v) is 8.61. The fourth-order valence-electron chi connectivity index (χ4n) is 6.22. The van der Waals surface area contributed by atoms with E-state index in [-0.39, 0.29) is 25.5 Å². The second-order valence-electron chi connectivity index (χ2n) is 13.4. The SMILES string of the molecule is CCOC(=O)[C@@]12C[C@H]1C=CCCCCC[C@H](NC(=O)OC(C)(C)C)C(=O)N1C[C@H](c3nnn(Cc4ccccc4)n3)C[C@H]1C(=O)N2. The van der Waals surface area contributed by atoms with Crippen LogP contribution in [0.15, 0.2) is 42.5 Å². The smallest absolute Gasteiger partial charge is 0.408 e. The summed E-state index contributed by atoms with van der Waals surface area (Å²) in [5.41, 5.74) is -0.921. The van der Waals surface area contributed by atoms with E-state index in [0.29, 0.717) is 31.6 Å². The number of rotatable bonds is 6. The van der Waals surface area contributed by atoms with Crippen LogP contribution in [-0.2, 0) is 30.4 Å². The van der Waals surface area contributed by atoms with Gasteiger partial charge in [0.25, 0.3) is 0 Å². The van der Waals surface area contributed by atoms with E-state index in [1.54, 1.807) is 27.7 Å². The highest BCUT2D eigenvalue weighted by atomic mass is 16.6. The lowest BCUT2D eigenvalue weighted by Crippen LogP contribution is -2.56. The minimum atomic E-state index is -1.18. The van der Waals surface area contributed by atoms with Gasteiger partial charge in [-0.05, 0) is 70.6 Å². The number of aromatic nitrogens is 4. The summed E-state index contributed by atoms with van der Waals surface area (Å²) in [6, 6.07) is 7.91. The van der Waals surface area contributed by atoms with E-state index in [0.717, 1.165) is 24.8 Å². The Morgan fingerprint density at radius 2 is 1.91 bits per heavy atom. The van der Waals surface area contributed by atoms with Crippen molar-refractivity contribution in [2.24, 2.45) is 5.92 Å². The van der Waals surface area contributed by atoms with E-state index < -0.39 is 53.0 Å². The Labute approximate surface area is 269 Å². The van der Waals surface area contributed by atoms with Crippen molar-refractivity contribution in [3.8, 4) is 0 Å². The zero-order valence-electron chi connectivity index (χ0n) is 27.1. The van der Waals surface area contributed by atoms with Crippen molar-refractivity contribution in [2.45, 2.75) is 108 Å². The van der Waals surface area contributed by atoms with Crippen molar-refractivity contribution in [2.75, 3.05) is 13.2 Å². The molecule has 3 heterocycles. The zero-order valence-corrected chi connectivity index (χ0v) is 27.1. The number of amides is 3. The van der Waals surface area contributed by atoms with Gasteiger partial charge in [0.05, 0.1) is 13.2 Å². The van der Waals surface area contributed by atoms with Crippen LogP contribution in [0.1, 0.15) is 89.9 Å². The molecular weight excluding hydrogens is 590 g/mol. The molecule has 248 valence electrons. The molecular formula is C33H45N7O6. The quantitative estimate of drug-likeness (QED) is 0.359. The molecule has 0 radical (unpaired) electrons. The predicted octanol–water partition coefficient (Wildman–Crippen LogP) is 3.26. The summed E-state index contributed by atoms with van der Waals surface area (Å²) in [5.74, 6) is -1.49. The fraction of sp³-hybridized carbons (Fsp3) is 0.606. The van der Waals surface area contributed by atoms with Crippen LogP contribution in [0.3, 0.4) is 0 Å². The van der Waals surface area contributed by atoms with Gasteiger partial charge in [0, 0.05) is 18.4 Å². The Morgan fingerprint density at radius 3 is 2.65 bits per heavy atom. The van der Waals surface area contributed by atoms with E-state index in [9.17, 15) is 19.2 Å². The van der Waals surface area contributed by atoms with E-state index in [1.807, 2.05) is 42.5 Å². The molecule has 13 heteroatoms. The number of fused-ring (bicyclic) bond motifs is 2. The number of alkyl carbamates (subject to hydrolysis) is 1. The molecule has 5 rings (SSSR count). The molecule has 2 N–H and O–H groups in total. The van der Waals surface area contributed by atoms with Crippen molar-refractivity contribution >= 4 is 23.9 Å². The standard InChI is InChI=1S/C33H45N7O6/c1-5-45-30(43)33-19-24(33)16-12-7-6-8-13-17-25(34-31(44)46-32(2,3)4)29(42)39-21-23(18-26(39)28(41)35-33)27-36-38-40(37-27)20-22-14-10-9-11-15-22/h9-12,14-16,23-26H,5-8,13,17-21H2,1-4H3,(H,34,44)(H,35,41)/t23-,24-,25+,26+,33-/m1/s1. The van der Waals surface area contributed by atoms with Crippen LogP contribution < -0.4 is 10.6 Å². The van der Waals surface area contributed by atoms with Gasteiger partial charge in [-0.1, -0.05) is 55.3 Å². The molecule has 1 aliphatic carbocycles. The molecule has 0 unspecified atom stereocenters. The number of benzene rings is 1. The Hall–Kier alpha value is -4.29. The average molecular weight is 636 g/mol. The van der Waals surface area contributed by atoms with Crippen molar-refractivity contribution in [3.05, 3.63) is 53.9 Å². The van der Waals surface area contributed by atoms with Gasteiger partial charge in [0.2, 0.25) is 11.8 Å². The highest BCUT2D eigenvalue weighted by molar-refractivity contribution is 5.96. The van der Waals surface area contributed by atoms with Gasteiger partial charge in [0.15, 0.2) is 5.82 Å². The van der Waals surface area contributed by atoms with Gasteiger partial charge >= 0.3 is 12.1 Å². The third kappa shape index (κ3) is 7.91. The monoisotopic (exact) mass is 635 g/mol. The fourth-order valence-corrected chi connectivity index (χ4v) is 6.22. The number of carbonyl (C=O) groups is 4. The number of hydrogen-bond donors (Lipinski definition) is 2. The summed E-state index contributed by atoms with van der Waals surface area (Å²) in [7, 11) is 0. The van der Waals surface area contributed by atoms with Crippen molar-refractivity contribution in [1.29, 1.82) is 0 Å². The predicted molar refractivity (Wildman–Crippen MR) is 167 cm³/mol.